The van der Waals surface area contributed by atoms with E-state index in [0.29, 0.717) is 13.0 Å². The zero-order valence-corrected chi connectivity index (χ0v) is 5.89. The highest BCUT2D eigenvalue weighted by molar-refractivity contribution is 5.77. The molecular formula is C6H13N3O. The summed E-state index contributed by atoms with van der Waals surface area (Å²) >= 11 is 0. The van der Waals surface area contributed by atoms with Gasteiger partial charge in [-0.3, -0.25) is 5.41 Å². The number of nitrogens with two attached hydrogens (primary N) is 1. The van der Waals surface area contributed by atoms with Crippen LogP contribution in [0.5, 0.6) is 0 Å². The molecule has 58 valence electrons. The number of hydrogen-bond donors (Lipinski definition) is 3. The van der Waals surface area contributed by atoms with Crippen molar-refractivity contribution < 1.29 is 4.74 Å². The minimum atomic E-state index is 0.225. The molecule has 1 saturated heterocycles. The molecule has 0 aromatic heterocycles. The summed E-state index contributed by atoms with van der Waals surface area (Å²) in [5, 5.41) is 10.2. The molecule has 0 bridgehead atoms. The third kappa shape index (κ3) is 2.33. The van der Waals surface area contributed by atoms with Gasteiger partial charge in [-0.2, -0.15) is 0 Å². The van der Waals surface area contributed by atoms with Gasteiger partial charge in [0.25, 0.3) is 0 Å². The van der Waals surface area contributed by atoms with Gasteiger partial charge in [0.15, 0.2) is 0 Å². The SMILES string of the molecule is N=C(N)CC1COCCN1. The predicted molar refractivity (Wildman–Crippen MR) is 39.1 cm³/mol. The summed E-state index contributed by atoms with van der Waals surface area (Å²) in [5.74, 6) is 0.225. The first kappa shape index (κ1) is 7.50. The van der Waals surface area contributed by atoms with Gasteiger partial charge in [0.1, 0.15) is 0 Å². The van der Waals surface area contributed by atoms with E-state index >= 15 is 0 Å². The summed E-state index contributed by atoms with van der Waals surface area (Å²) < 4.78 is 5.17. The largest absolute Gasteiger partial charge is 0.388 e. The fourth-order valence-electron chi connectivity index (χ4n) is 1.02. The van der Waals surface area contributed by atoms with Crippen molar-refractivity contribution in [3.63, 3.8) is 0 Å². The average molecular weight is 143 g/mol. The first-order valence-electron chi connectivity index (χ1n) is 3.43. The highest BCUT2D eigenvalue weighted by Gasteiger charge is 2.12. The lowest BCUT2D eigenvalue weighted by Gasteiger charge is -2.22. The summed E-state index contributed by atoms with van der Waals surface area (Å²) in [6.45, 7) is 2.33. The van der Waals surface area contributed by atoms with Crippen LogP contribution in [0.4, 0.5) is 0 Å². The van der Waals surface area contributed by atoms with Crippen LogP contribution in [0.15, 0.2) is 0 Å². The third-order valence-corrected chi connectivity index (χ3v) is 1.46. The van der Waals surface area contributed by atoms with Crippen molar-refractivity contribution in [1.29, 1.82) is 5.41 Å². The molecule has 0 amide bonds. The number of ether oxygens (including phenoxy) is 1. The van der Waals surface area contributed by atoms with Crippen LogP contribution in [-0.2, 0) is 4.74 Å². The van der Waals surface area contributed by atoms with Gasteiger partial charge in [-0.05, 0) is 0 Å². The van der Waals surface area contributed by atoms with Gasteiger partial charge in [0, 0.05) is 19.0 Å². The standard InChI is InChI=1S/C6H13N3O/c7-6(8)3-5-4-10-2-1-9-5/h5,9H,1-4H2,(H3,7,8). The van der Waals surface area contributed by atoms with Gasteiger partial charge >= 0.3 is 0 Å². The molecule has 0 aromatic rings. The van der Waals surface area contributed by atoms with Crippen molar-refractivity contribution in [2.24, 2.45) is 5.73 Å². The van der Waals surface area contributed by atoms with Crippen molar-refractivity contribution in [2.75, 3.05) is 19.8 Å². The Morgan fingerprint density at radius 3 is 3.10 bits per heavy atom. The molecule has 0 radical (unpaired) electrons. The molecule has 0 saturated carbocycles. The normalized spacial score (nSPS) is 26.2. The first-order valence-corrected chi connectivity index (χ1v) is 3.43. The van der Waals surface area contributed by atoms with Crippen molar-refractivity contribution in [2.45, 2.75) is 12.5 Å². The molecule has 10 heavy (non-hydrogen) atoms. The van der Waals surface area contributed by atoms with Crippen molar-refractivity contribution in [3.05, 3.63) is 0 Å². The predicted octanol–water partition coefficient (Wildman–Crippen LogP) is -0.699. The van der Waals surface area contributed by atoms with E-state index in [1.807, 2.05) is 0 Å². The van der Waals surface area contributed by atoms with Crippen LogP contribution in [-0.4, -0.2) is 31.6 Å². The molecule has 0 spiro atoms. The maximum atomic E-state index is 7.01. The third-order valence-electron chi connectivity index (χ3n) is 1.46. The Morgan fingerprint density at radius 2 is 2.60 bits per heavy atom. The molecule has 1 fully saturated rings. The highest BCUT2D eigenvalue weighted by atomic mass is 16.5. The van der Waals surface area contributed by atoms with Gasteiger partial charge in [-0.25, -0.2) is 0 Å². The maximum Gasteiger partial charge on any atom is 0.0921 e. The number of nitrogens with one attached hydrogen (secondary N) is 2. The fourth-order valence-corrected chi connectivity index (χ4v) is 1.02. The second-order valence-corrected chi connectivity index (χ2v) is 2.46. The van der Waals surface area contributed by atoms with E-state index in [1.165, 1.54) is 0 Å². The van der Waals surface area contributed by atoms with Gasteiger partial charge in [-0.1, -0.05) is 0 Å². The van der Waals surface area contributed by atoms with Crippen molar-refractivity contribution >= 4 is 5.84 Å². The minimum Gasteiger partial charge on any atom is -0.388 e. The lowest BCUT2D eigenvalue weighted by Crippen LogP contribution is -2.43. The van der Waals surface area contributed by atoms with Crippen LogP contribution in [0.2, 0.25) is 0 Å². The van der Waals surface area contributed by atoms with Gasteiger partial charge in [0.2, 0.25) is 0 Å². The lowest BCUT2D eigenvalue weighted by molar-refractivity contribution is 0.0789. The summed E-state index contributed by atoms with van der Waals surface area (Å²) in [4.78, 5) is 0. The van der Waals surface area contributed by atoms with Crippen LogP contribution in [0.1, 0.15) is 6.42 Å². The van der Waals surface area contributed by atoms with Gasteiger partial charge in [0.05, 0.1) is 19.0 Å². The van der Waals surface area contributed by atoms with E-state index in [4.69, 9.17) is 15.9 Å². The highest BCUT2D eigenvalue weighted by Crippen LogP contribution is 1.96. The molecule has 4 N–H and O–H groups in total. The van der Waals surface area contributed by atoms with Gasteiger partial charge < -0.3 is 15.8 Å². The van der Waals surface area contributed by atoms with E-state index in [2.05, 4.69) is 5.32 Å². The molecule has 0 aromatic carbocycles. The molecule has 4 heteroatoms. The number of morpholine rings is 1. The number of rotatable bonds is 2. The molecule has 1 rings (SSSR count). The Kier molecular flexibility index (Phi) is 2.65. The molecule has 4 nitrogen and oxygen atoms in total. The molecule has 1 aliphatic rings. The maximum absolute atomic E-state index is 7.01. The van der Waals surface area contributed by atoms with E-state index in [-0.39, 0.29) is 11.9 Å². The zero-order valence-electron chi connectivity index (χ0n) is 5.89. The van der Waals surface area contributed by atoms with Crippen LogP contribution >= 0.6 is 0 Å². The summed E-state index contributed by atoms with van der Waals surface area (Å²) in [6, 6.07) is 0.256. The molecule has 1 heterocycles. The summed E-state index contributed by atoms with van der Waals surface area (Å²) in [6.07, 6.45) is 0.597. The number of hydrogen-bond acceptors (Lipinski definition) is 3. The van der Waals surface area contributed by atoms with E-state index in [1.54, 1.807) is 0 Å². The quantitative estimate of drug-likeness (QED) is 0.353. The molecular weight excluding hydrogens is 130 g/mol. The second-order valence-electron chi connectivity index (χ2n) is 2.46. The monoisotopic (exact) mass is 143 g/mol. The molecule has 1 unspecified atom stereocenters. The Labute approximate surface area is 60.2 Å². The van der Waals surface area contributed by atoms with E-state index in [9.17, 15) is 0 Å². The zero-order chi connectivity index (χ0) is 7.40. The molecule has 0 aliphatic carbocycles. The fraction of sp³-hybridized carbons (Fsp3) is 0.833. The second kappa shape index (κ2) is 3.53. The van der Waals surface area contributed by atoms with Crippen LogP contribution in [0.25, 0.3) is 0 Å². The smallest absolute Gasteiger partial charge is 0.0921 e. The summed E-state index contributed by atoms with van der Waals surface area (Å²) in [5.41, 5.74) is 5.21. The van der Waals surface area contributed by atoms with E-state index in [0.717, 1.165) is 13.2 Å². The Morgan fingerprint density at radius 1 is 1.80 bits per heavy atom. The Balaban J connectivity index is 2.19. The number of amidine groups is 1. The lowest BCUT2D eigenvalue weighted by atomic mass is 10.2. The topological polar surface area (TPSA) is 71.1 Å². The minimum absolute atomic E-state index is 0.225. The molecule has 1 aliphatic heterocycles. The van der Waals surface area contributed by atoms with Crippen LogP contribution in [0.3, 0.4) is 0 Å². The van der Waals surface area contributed by atoms with Crippen molar-refractivity contribution in [3.8, 4) is 0 Å². The molecule has 1 atom stereocenters. The van der Waals surface area contributed by atoms with E-state index < -0.39 is 0 Å². The van der Waals surface area contributed by atoms with Crippen molar-refractivity contribution in [1.82, 2.24) is 5.32 Å². The Bertz CT molecular complexity index is 120. The first-order chi connectivity index (χ1) is 4.79. The average Bonchev–Trinajstić information content (AvgIpc) is 1.88. The Hall–Kier alpha value is -0.610. The summed E-state index contributed by atoms with van der Waals surface area (Å²) in [7, 11) is 0. The van der Waals surface area contributed by atoms with Crippen LogP contribution in [0, 0.1) is 5.41 Å². The van der Waals surface area contributed by atoms with Gasteiger partial charge in [-0.15, -0.1) is 0 Å². The van der Waals surface area contributed by atoms with Crippen LogP contribution < -0.4 is 11.1 Å².